The summed E-state index contributed by atoms with van der Waals surface area (Å²) >= 11 is 4.25. The lowest BCUT2D eigenvalue weighted by Gasteiger charge is -2.33. The number of urea groups is 2. The van der Waals surface area contributed by atoms with Crippen molar-refractivity contribution in [2.24, 2.45) is 0 Å². The maximum atomic E-state index is 13.1. The van der Waals surface area contributed by atoms with Crippen molar-refractivity contribution in [1.29, 1.82) is 0 Å². The lowest BCUT2D eigenvalue weighted by Crippen LogP contribution is -2.55. The van der Waals surface area contributed by atoms with Crippen LogP contribution in [0.1, 0.15) is 174 Å². The van der Waals surface area contributed by atoms with Crippen LogP contribution in [0.25, 0.3) is 0 Å². The number of nitrogens with zero attached hydrogens (tertiary/aromatic N) is 3. The van der Waals surface area contributed by atoms with Crippen molar-refractivity contribution in [2.75, 3.05) is 6.54 Å². The maximum absolute atomic E-state index is 13.1. The zero-order valence-electron chi connectivity index (χ0n) is 25.9. The molecule has 8 heteroatoms. The number of carbonyl (C=O) groups is 2. The fourth-order valence-electron chi connectivity index (χ4n) is 6.38. The van der Waals surface area contributed by atoms with Crippen LogP contribution in [-0.4, -0.2) is 41.6 Å². The molecule has 0 aromatic rings. The van der Waals surface area contributed by atoms with Crippen molar-refractivity contribution in [3.8, 4) is 0 Å². The number of fused-ring (bicyclic) bond motifs is 1. The van der Waals surface area contributed by atoms with E-state index in [0.29, 0.717) is 0 Å². The van der Waals surface area contributed by atoms with E-state index in [1.165, 1.54) is 135 Å². The summed E-state index contributed by atoms with van der Waals surface area (Å²) in [6.45, 7) is 5.28. The molecule has 2 heterocycles. The van der Waals surface area contributed by atoms with Crippen LogP contribution < -0.4 is 5.32 Å². The first-order chi connectivity index (χ1) is 19.5. The van der Waals surface area contributed by atoms with Gasteiger partial charge in [-0.05, 0) is 19.3 Å². The fourth-order valence-corrected chi connectivity index (χ4v) is 8.62. The van der Waals surface area contributed by atoms with Gasteiger partial charge < -0.3 is 5.32 Å². The summed E-state index contributed by atoms with van der Waals surface area (Å²) in [5, 5.41) is 3.26. The molecule has 2 aliphatic rings. The molecule has 1 N–H and O–H groups in total. The van der Waals surface area contributed by atoms with E-state index < -0.39 is 5.66 Å². The molecule has 2 atom stereocenters. The van der Waals surface area contributed by atoms with E-state index in [1.807, 2.05) is 4.90 Å². The fraction of sp³-hybridized carbons (Fsp3) is 0.938. The lowest BCUT2D eigenvalue weighted by atomic mass is 9.98. The summed E-state index contributed by atoms with van der Waals surface area (Å²) in [7, 11) is 0. The molecule has 2 rings (SSSR count). The van der Waals surface area contributed by atoms with Crippen LogP contribution in [-0.2, 0) is 0 Å². The van der Waals surface area contributed by atoms with E-state index in [2.05, 4.69) is 64.9 Å². The lowest BCUT2D eigenvalue weighted by molar-refractivity contribution is 0.143. The molecule has 4 amide bonds. The second-order valence-electron chi connectivity index (χ2n) is 12.3. The molecular weight excluding hydrogens is 726 g/mol. The van der Waals surface area contributed by atoms with Crippen molar-refractivity contribution in [3.63, 3.8) is 0 Å². The molecule has 2 saturated heterocycles. The standard InChI is InChI=1S/C32H60I2N4O2/c1-3-5-7-9-11-13-15-17-19-21-23-25-27-32-29(37(33)31(40)38(32)34)36(30(39)35-32)28-26-24-22-20-18-16-14-12-10-8-6-4-2/h29H,3-28H2,1-2H3,(H,35,39). The van der Waals surface area contributed by atoms with Gasteiger partial charge in [-0.15, -0.1) is 0 Å². The van der Waals surface area contributed by atoms with Gasteiger partial charge in [-0.3, -0.25) is 4.90 Å². The molecule has 234 valence electrons. The zero-order valence-corrected chi connectivity index (χ0v) is 30.2. The highest BCUT2D eigenvalue weighted by Crippen LogP contribution is 2.44. The minimum absolute atomic E-state index is 0.00942. The van der Waals surface area contributed by atoms with Crippen molar-refractivity contribution in [2.45, 2.75) is 186 Å². The van der Waals surface area contributed by atoms with Crippen LogP contribution >= 0.6 is 45.7 Å². The maximum Gasteiger partial charge on any atom is 0.341 e. The number of rotatable bonds is 26. The quantitative estimate of drug-likeness (QED) is 0.0539. The van der Waals surface area contributed by atoms with E-state index in [1.54, 1.807) is 6.23 Å². The summed E-state index contributed by atoms with van der Waals surface area (Å²) in [6.07, 6.45) is 32.0. The Bertz CT molecular complexity index is 698. The normalized spacial score (nSPS) is 20.6. The van der Waals surface area contributed by atoms with Gasteiger partial charge in [0.2, 0.25) is 0 Å². The van der Waals surface area contributed by atoms with Crippen LogP contribution in [0.3, 0.4) is 0 Å². The van der Waals surface area contributed by atoms with Crippen LogP contribution in [0, 0.1) is 0 Å². The molecular formula is C32H60I2N4O2. The van der Waals surface area contributed by atoms with Gasteiger partial charge in [0.25, 0.3) is 0 Å². The minimum Gasteiger partial charge on any atom is -0.311 e. The molecule has 2 unspecified atom stereocenters. The highest BCUT2D eigenvalue weighted by molar-refractivity contribution is 14.1. The average Bonchev–Trinajstić information content (AvgIpc) is 3.33. The third kappa shape index (κ3) is 11.9. The number of amides is 4. The molecule has 0 spiro atoms. The van der Waals surface area contributed by atoms with E-state index in [0.717, 1.165) is 32.2 Å². The Labute approximate surface area is 274 Å². The largest absolute Gasteiger partial charge is 0.341 e. The molecule has 0 aromatic heterocycles. The van der Waals surface area contributed by atoms with Crippen molar-refractivity contribution >= 4 is 57.8 Å². The summed E-state index contributed by atoms with van der Waals surface area (Å²) < 4.78 is 3.52. The SMILES string of the molecule is CCCCCCCCCCCCCCN1C(=O)NC2(CCCCCCCCCCCCCC)C1N(I)C(=O)N2I. The molecule has 6 nitrogen and oxygen atoms in total. The first kappa shape index (κ1) is 36.2. The molecule has 0 saturated carbocycles. The van der Waals surface area contributed by atoms with E-state index in [9.17, 15) is 9.59 Å². The molecule has 0 bridgehead atoms. The summed E-state index contributed by atoms with van der Waals surface area (Å²) in [5.74, 6) is 0. The van der Waals surface area contributed by atoms with Gasteiger partial charge in [0.15, 0.2) is 11.8 Å². The highest BCUT2D eigenvalue weighted by atomic mass is 127. The predicted molar refractivity (Wildman–Crippen MR) is 186 cm³/mol. The number of hydrogen-bond acceptors (Lipinski definition) is 2. The predicted octanol–water partition coefficient (Wildman–Crippen LogP) is 11.3. The van der Waals surface area contributed by atoms with Gasteiger partial charge >= 0.3 is 12.1 Å². The molecule has 40 heavy (non-hydrogen) atoms. The van der Waals surface area contributed by atoms with Gasteiger partial charge in [-0.1, -0.05) is 155 Å². The van der Waals surface area contributed by atoms with E-state index >= 15 is 0 Å². The Morgan fingerprint density at radius 2 is 0.975 bits per heavy atom. The number of unbranched alkanes of at least 4 members (excludes halogenated alkanes) is 22. The summed E-state index contributed by atoms with van der Waals surface area (Å²) in [4.78, 5) is 27.9. The molecule has 2 aliphatic heterocycles. The first-order valence-corrected chi connectivity index (χ1v) is 19.0. The number of nitrogens with one attached hydrogen (secondary N) is 1. The highest BCUT2D eigenvalue weighted by Gasteiger charge is 2.64. The van der Waals surface area contributed by atoms with Gasteiger partial charge in [0.05, 0.1) is 45.7 Å². The van der Waals surface area contributed by atoms with Gasteiger partial charge in [-0.25, -0.2) is 15.8 Å². The Morgan fingerprint density at radius 1 is 0.600 bits per heavy atom. The van der Waals surface area contributed by atoms with Crippen molar-refractivity contribution in [3.05, 3.63) is 0 Å². The number of carbonyl (C=O) groups excluding carboxylic acids is 2. The molecule has 0 aromatic carbocycles. The Kier molecular flexibility index (Phi) is 19.6. The Hall–Kier alpha value is 0. The minimum atomic E-state index is -0.606. The Morgan fingerprint density at radius 3 is 1.40 bits per heavy atom. The second kappa shape index (κ2) is 21.7. The van der Waals surface area contributed by atoms with E-state index in [-0.39, 0.29) is 18.2 Å². The number of hydrogen-bond donors (Lipinski definition) is 1. The van der Waals surface area contributed by atoms with Crippen molar-refractivity contribution < 1.29 is 9.59 Å². The van der Waals surface area contributed by atoms with Crippen molar-refractivity contribution in [1.82, 2.24) is 16.4 Å². The van der Waals surface area contributed by atoms with Crippen LogP contribution in [0.2, 0.25) is 0 Å². The number of halogens is 2. The first-order valence-electron chi connectivity index (χ1n) is 17.0. The van der Waals surface area contributed by atoms with Gasteiger partial charge in [-0.2, -0.15) is 0 Å². The third-order valence-corrected chi connectivity index (χ3v) is 11.1. The van der Waals surface area contributed by atoms with Crippen LogP contribution in [0.5, 0.6) is 0 Å². The molecule has 2 fully saturated rings. The summed E-state index contributed by atoms with van der Waals surface area (Å²) in [5.41, 5.74) is -0.606. The topological polar surface area (TPSA) is 55.9 Å². The molecule has 0 radical (unpaired) electrons. The third-order valence-electron chi connectivity index (χ3n) is 8.89. The average molecular weight is 787 g/mol. The zero-order chi connectivity index (χ0) is 29.1. The van der Waals surface area contributed by atoms with E-state index in [4.69, 9.17) is 0 Å². The summed E-state index contributed by atoms with van der Waals surface area (Å²) in [6, 6.07) is -0.0207. The smallest absolute Gasteiger partial charge is 0.311 e. The van der Waals surface area contributed by atoms with Crippen LogP contribution in [0.4, 0.5) is 9.59 Å². The van der Waals surface area contributed by atoms with Gasteiger partial charge in [0, 0.05) is 6.54 Å². The van der Waals surface area contributed by atoms with Crippen LogP contribution in [0.15, 0.2) is 0 Å². The monoisotopic (exact) mass is 786 g/mol. The Balaban J connectivity index is 1.64. The van der Waals surface area contributed by atoms with Gasteiger partial charge in [0.1, 0.15) is 0 Å². The molecule has 0 aliphatic carbocycles. The second-order valence-corrected chi connectivity index (χ2v) is 14.3.